The van der Waals surface area contributed by atoms with Crippen molar-refractivity contribution in [2.75, 3.05) is 93.7 Å². The first kappa shape index (κ1) is 58.7. The summed E-state index contributed by atoms with van der Waals surface area (Å²) in [6.45, 7) is 18.6. The number of carbonyl (C=O) groups is 5. The topological polar surface area (TPSA) is 190 Å². The highest BCUT2D eigenvalue weighted by Crippen LogP contribution is 2.11. The fourth-order valence-corrected chi connectivity index (χ4v) is 6.70. The third kappa shape index (κ3) is 26.0. The fraction of sp³-hybridized carbons (Fsp3) is 0.600. The van der Waals surface area contributed by atoms with Crippen LogP contribution in [-0.2, 0) is 33.6 Å². The van der Waals surface area contributed by atoms with Gasteiger partial charge in [0.1, 0.15) is 0 Å². The van der Waals surface area contributed by atoms with E-state index in [1.807, 2.05) is 51.8 Å². The second-order valence-electron chi connectivity index (χ2n) is 16.4. The molecule has 16 nitrogen and oxygen atoms in total. The minimum atomic E-state index is -0.958. The zero-order valence-corrected chi connectivity index (χ0v) is 41.5. The molecule has 2 amide bonds. The van der Waals surface area contributed by atoms with Gasteiger partial charge in [0.05, 0.1) is 23.3 Å². The maximum Gasteiger partial charge on any atom is 0.338 e. The maximum absolute atomic E-state index is 12.3. The van der Waals surface area contributed by atoms with Crippen LogP contribution in [0.1, 0.15) is 134 Å². The number of carbonyl (C=O) groups excluding carboxylic acids is 3. The molecular weight excluding hydrogens is 841 g/mol. The molecule has 0 radical (unpaired) electrons. The van der Waals surface area contributed by atoms with Crippen LogP contribution >= 0.6 is 0 Å². The van der Waals surface area contributed by atoms with Crippen molar-refractivity contribution < 1.29 is 38.9 Å². The largest absolute Gasteiger partial charge is 0.478 e. The van der Waals surface area contributed by atoms with Gasteiger partial charge in [-0.1, -0.05) is 26.7 Å². The predicted octanol–water partition coefficient (Wildman–Crippen LogP) is 6.73. The smallest absolute Gasteiger partial charge is 0.338 e. The van der Waals surface area contributed by atoms with Crippen molar-refractivity contribution in [2.45, 2.75) is 105 Å². The Labute approximate surface area is 394 Å². The summed E-state index contributed by atoms with van der Waals surface area (Å²) < 4.78 is 4.99. The fourth-order valence-electron chi connectivity index (χ4n) is 6.70. The number of pyridine rings is 3. The summed E-state index contributed by atoms with van der Waals surface area (Å²) in [4.78, 5) is 80.8. The van der Waals surface area contributed by atoms with Crippen molar-refractivity contribution in [2.24, 2.45) is 0 Å². The zero-order chi connectivity index (χ0) is 49.3. The van der Waals surface area contributed by atoms with Gasteiger partial charge in [0, 0.05) is 87.8 Å². The Balaban J connectivity index is 0.000000497. The number of aromatic carboxylic acids is 2. The lowest BCUT2D eigenvalue weighted by molar-refractivity contribution is -0.132. The molecule has 368 valence electrons. The first-order valence-electron chi connectivity index (χ1n) is 23.6. The van der Waals surface area contributed by atoms with E-state index in [1.54, 1.807) is 43.6 Å². The lowest BCUT2D eigenvalue weighted by Gasteiger charge is -2.22. The average Bonchev–Trinajstić information content (AvgIpc) is 3.30. The summed E-state index contributed by atoms with van der Waals surface area (Å²) in [6.07, 6.45) is 13.9. The highest BCUT2D eigenvalue weighted by Gasteiger charge is 2.14. The number of aromatic nitrogens is 3. The van der Waals surface area contributed by atoms with Crippen LogP contribution in [0.2, 0.25) is 0 Å². The van der Waals surface area contributed by atoms with Gasteiger partial charge in [-0.15, -0.1) is 0 Å². The summed E-state index contributed by atoms with van der Waals surface area (Å²) >= 11 is 0. The Bertz CT molecular complexity index is 1860. The molecular formula is C50H80N8O8. The van der Waals surface area contributed by atoms with Gasteiger partial charge in [0.25, 0.3) is 0 Å². The van der Waals surface area contributed by atoms with Crippen LogP contribution < -0.4 is 0 Å². The standard InChI is InChI=1S/C18H29N3O3.C16H25N3O3.C16H26N2O2/c1-5-21(13-12-20(3)4)17(22)9-7-8-16-14-15(10-11-19-16)18(23)24-6-2;1-4-19(11-10-18(2)3)15(20)7-5-6-14-12-13(16(21)22)8-9-17-14;1-3-18(4-2)12-8-6-5-7-9-15-13-14(16(19)20)10-11-17-15/h10-11,14H,5-9,12-13H2,1-4H3;8-9,12H,4-7,10-11H2,1-3H3,(H,21,22);10-11,13H,3-9,12H2,1-2H3,(H,19,20). The molecule has 0 spiro atoms. The molecule has 3 heterocycles. The van der Waals surface area contributed by atoms with Crippen LogP contribution in [0.4, 0.5) is 0 Å². The van der Waals surface area contributed by atoms with Crippen LogP contribution in [0.15, 0.2) is 55.0 Å². The minimum Gasteiger partial charge on any atom is -0.478 e. The number of likely N-dealkylation sites (N-methyl/N-ethyl adjacent to an activating group) is 4. The molecule has 0 saturated heterocycles. The Morgan fingerprint density at radius 2 is 0.894 bits per heavy atom. The van der Waals surface area contributed by atoms with E-state index in [0.29, 0.717) is 62.1 Å². The van der Waals surface area contributed by atoms with Crippen molar-refractivity contribution in [3.8, 4) is 0 Å². The molecule has 0 unspecified atom stereocenters. The van der Waals surface area contributed by atoms with E-state index in [1.165, 1.54) is 44.1 Å². The molecule has 0 aliphatic carbocycles. The predicted molar refractivity (Wildman–Crippen MR) is 260 cm³/mol. The molecule has 0 aliphatic heterocycles. The summed E-state index contributed by atoms with van der Waals surface area (Å²) in [5.74, 6) is -1.87. The summed E-state index contributed by atoms with van der Waals surface area (Å²) in [7, 11) is 7.97. The van der Waals surface area contributed by atoms with Gasteiger partial charge in [-0.25, -0.2) is 14.4 Å². The van der Waals surface area contributed by atoms with Crippen molar-refractivity contribution in [3.05, 3.63) is 88.8 Å². The molecule has 0 atom stereocenters. The van der Waals surface area contributed by atoms with Crippen LogP contribution in [0.3, 0.4) is 0 Å². The molecule has 0 aliphatic rings. The van der Waals surface area contributed by atoms with Gasteiger partial charge in [0.2, 0.25) is 11.8 Å². The molecule has 0 saturated carbocycles. The van der Waals surface area contributed by atoms with E-state index in [9.17, 15) is 24.0 Å². The van der Waals surface area contributed by atoms with E-state index < -0.39 is 11.9 Å². The summed E-state index contributed by atoms with van der Waals surface area (Å²) in [5, 5.41) is 17.9. The number of esters is 1. The molecule has 3 aromatic heterocycles. The first-order valence-corrected chi connectivity index (χ1v) is 23.6. The number of carboxylic acid groups (broad SMARTS) is 2. The van der Waals surface area contributed by atoms with Gasteiger partial charge in [-0.2, -0.15) is 0 Å². The van der Waals surface area contributed by atoms with E-state index >= 15 is 0 Å². The maximum atomic E-state index is 12.3. The lowest BCUT2D eigenvalue weighted by atomic mass is 10.1. The number of hydrogen-bond donors (Lipinski definition) is 2. The number of aryl methyl sites for hydroxylation is 3. The quantitative estimate of drug-likeness (QED) is 0.0551. The number of rotatable bonds is 29. The van der Waals surface area contributed by atoms with Gasteiger partial charge >= 0.3 is 17.9 Å². The number of hydrogen-bond acceptors (Lipinski definition) is 12. The van der Waals surface area contributed by atoms with Gasteiger partial charge in [-0.05, 0) is 150 Å². The third-order valence-corrected chi connectivity index (χ3v) is 10.8. The van der Waals surface area contributed by atoms with Crippen molar-refractivity contribution in [1.82, 2.24) is 39.5 Å². The lowest BCUT2D eigenvalue weighted by Crippen LogP contribution is -2.36. The summed E-state index contributed by atoms with van der Waals surface area (Å²) in [5.41, 5.74) is 3.48. The van der Waals surface area contributed by atoms with Crippen molar-refractivity contribution in [3.63, 3.8) is 0 Å². The molecule has 2 N–H and O–H groups in total. The van der Waals surface area contributed by atoms with Crippen LogP contribution in [-0.4, -0.2) is 173 Å². The number of amides is 2. The minimum absolute atomic E-state index is 0.138. The highest BCUT2D eigenvalue weighted by molar-refractivity contribution is 5.89. The van der Waals surface area contributed by atoms with Gasteiger partial charge in [0.15, 0.2) is 0 Å². The van der Waals surface area contributed by atoms with Gasteiger partial charge in [-0.3, -0.25) is 24.5 Å². The molecule has 16 heteroatoms. The first-order chi connectivity index (χ1) is 31.6. The molecule has 66 heavy (non-hydrogen) atoms. The van der Waals surface area contributed by atoms with Crippen LogP contribution in [0.5, 0.6) is 0 Å². The molecule has 0 aromatic carbocycles. The third-order valence-electron chi connectivity index (χ3n) is 10.8. The van der Waals surface area contributed by atoms with E-state index in [-0.39, 0.29) is 23.3 Å². The van der Waals surface area contributed by atoms with E-state index in [4.69, 9.17) is 14.9 Å². The van der Waals surface area contributed by atoms with E-state index in [0.717, 1.165) is 76.5 Å². The van der Waals surface area contributed by atoms with Crippen LogP contribution in [0, 0.1) is 0 Å². The molecule has 0 bridgehead atoms. The monoisotopic (exact) mass is 921 g/mol. The molecule has 0 fully saturated rings. The Morgan fingerprint density at radius 3 is 1.27 bits per heavy atom. The normalized spacial score (nSPS) is 10.8. The van der Waals surface area contributed by atoms with Gasteiger partial charge < -0.3 is 39.4 Å². The second-order valence-corrected chi connectivity index (χ2v) is 16.4. The Kier molecular flexibility index (Phi) is 31.1. The second kappa shape index (κ2) is 34.9. The Hall–Kier alpha value is -5.32. The number of ether oxygens (including phenoxy) is 1. The highest BCUT2D eigenvalue weighted by atomic mass is 16.5. The average molecular weight is 921 g/mol. The molecule has 3 rings (SSSR count). The number of nitrogens with zero attached hydrogens (tertiary/aromatic N) is 8. The summed E-state index contributed by atoms with van der Waals surface area (Å²) in [6, 6.07) is 9.64. The number of carboxylic acids is 2. The zero-order valence-electron chi connectivity index (χ0n) is 41.5. The SMILES string of the molecule is CCN(CC)CCCCCCc1cc(C(=O)O)ccn1.CCN(CCN(C)C)C(=O)CCCc1cc(C(=O)O)ccn1.CCOC(=O)c1ccnc(CCCC(=O)N(CC)CCN(C)C)c1. The van der Waals surface area contributed by atoms with E-state index in [2.05, 4.69) is 43.5 Å². The van der Waals surface area contributed by atoms with Crippen LogP contribution in [0.25, 0.3) is 0 Å². The molecule has 3 aromatic rings. The number of unbranched alkanes of at least 4 members (excludes halogenated alkanes) is 3. The van der Waals surface area contributed by atoms with Crippen molar-refractivity contribution >= 4 is 29.7 Å². The Morgan fingerprint density at radius 1 is 0.500 bits per heavy atom. The van der Waals surface area contributed by atoms with Crippen molar-refractivity contribution in [1.29, 1.82) is 0 Å².